The maximum atomic E-state index is 14.1. The van der Waals surface area contributed by atoms with Gasteiger partial charge in [-0.1, -0.05) is 67.4 Å². The number of para-hydroxylation sites is 2. The Hall–Kier alpha value is -4.10. The van der Waals surface area contributed by atoms with E-state index in [1.807, 2.05) is 49.4 Å². The van der Waals surface area contributed by atoms with Crippen LogP contribution in [0.1, 0.15) is 53.0 Å². The number of aromatic amines is 1. The van der Waals surface area contributed by atoms with E-state index in [-0.39, 0.29) is 11.8 Å². The molecular formula is C30H27ClN4O3. The van der Waals surface area contributed by atoms with Crippen molar-refractivity contribution >= 4 is 46.0 Å². The average Bonchev–Trinajstić information content (AvgIpc) is 3.42. The Bertz CT molecular complexity index is 1580. The van der Waals surface area contributed by atoms with Crippen molar-refractivity contribution in [2.75, 3.05) is 11.4 Å². The molecule has 8 heteroatoms. The summed E-state index contributed by atoms with van der Waals surface area (Å²) in [4.78, 5) is 47.5. The number of amides is 4. The van der Waals surface area contributed by atoms with Crippen LogP contribution in [0.25, 0.3) is 10.9 Å². The topological polar surface area (TPSA) is 85.5 Å². The molecule has 4 aromatic rings. The van der Waals surface area contributed by atoms with Crippen molar-refractivity contribution in [3.8, 4) is 0 Å². The summed E-state index contributed by atoms with van der Waals surface area (Å²) in [6.07, 6.45) is 2.17. The highest BCUT2D eigenvalue weighted by Crippen LogP contribution is 2.45. The number of urea groups is 1. The van der Waals surface area contributed by atoms with Gasteiger partial charge in [0.25, 0.3) is 11.8 Å². The van der Waals surface area contributed by atoms with Crippen LogP contribution < -0.4 is 10.2 Å². The van der Waals surface area contributed by atoms with Crippen LogP contribution in [0, 0.1) is 0 Å². The lowest BCUT2D eigenvalue weighted by Gasteiger charge is -2.36. The number of unbranched alkanes of at least 4 members (excludes halogenated alkanes) is 1. The van der Waals surface area contributed by atoms with Gasteiger partial charge in [0.1, 0.15) is 12.1 Å². The molecule has 1 fully saturated rings. The minimum Gasteiger partial charge on any atom is -0.356 e. The molecule has 0 radical (unpaired) electrons. The standard InChI is InChI=1S/C30H27ClN4O3/c1-2-3-15-32-28(36)21-12-5-7-14-24(21)35-29(37)25-17-22-20-11-4-6-13-23(20)33-26(22)27(34(25)30(35)38)18-9-8-10-19(31)16-18/h4-14,16,25,27,33H,2-3,15,17H2,1H3,(H,32,36)/t25-,27-/m0/s1. The molecule has 2 N–H and O–H groups in total. The molecule has 0 aliphatic carbocycles. The van der Waals surface area contributed by atoms with Crippen LogP contribution in [-0.4, -0.2) is 40.3 Å². The van der Waals surface area contributed by atoms with E-state index < -0.39 is 18.1 Å². The monoisotopic (exact) mass is 526 g/mol. The van der Waals surface area contributed by atoms with E-state index >= 15 is 0 Å². The summed E-state index contributed by atoms with van der Waals surface area (Å²) in [5, 5.41) is 4.48. The molecule has 2 aliphatic rings. The molecule has 3 aromatic carbocycles. The summed E-state index contributed by atoms with van der Waals surface area (Å²) in [5.41, 5.74) is 4.25. The molecular weight excluding hydrogens is 500 g/mol. The Morgan fingerprint density at radius 2 is 1.84 bits per heavy atom. The first-order chi connectivity index (χ1) is 18.5. The second-order valence-corrected chi connectivity index (χ2v) is 10.2. The van der Waals surface area contributed by atoms with Crippen molar-refractivity contribution in [2.45, 2.75) is 38.3 Å². The quantitative estimate of drug-likeness (QED) is 0.245. The van der Waals surface area contributed by atoms with Crippen LogP contribution in [0.2, 0.25) is 5.02 Å². The first kappa shape index (κ1) is 24.2. The first-order valence-electron chi connectivity index (χ1n) is 12.9. The fraction of sp³-hybridized carbons (Fsp3) is 0.233. The molecule has 6 rings (SSSR count). The number of anilines is 1. The van der Waals surface area contributed by atoms with Crippen molar-refractivity contribution in [3.05, 3.63) is 100 Å². The van der Waals surface area contributed by atoms with Gasteiger partial charge in [0.2, 0.25) is 0 Å². The smallest absolute Gasteiger partial charge is 0.332 e. The minimum atomic E-state index is -0.714. The summed E-state index contributed by atoms with van der Waals surface area (Å²) >= 11 is 6.37. The van der Waals surface area contributed by atoms with Crippen molar-refractivity contribution in [3.63, 3.8) is 0 Å². The molecule has 0 bridgehead atoms. The van der Waals surface area contributed by atoms with Gasteiger partial charge in [-0.25, -0.2) is 9.69 Å². The van der Waals surface area contributed by atoms with E-state index in [2.05, 4.69) is 10.3 Å². The van der Waals surface area contributed by atoms with Crippen LogP contribution in [0.3, 0.4) is 0 Å². The first-order valence-corrected chi connectivity index (χ1v) is 13.3. The molecule has 38 heavy (non-hydrogen) atoms. The minimum absolute atomic E-state index is 0.296. The third-order valence-corrected chi connectivity index (χ3v) is 7.65. The number of imide groups is 1. The van der Waals surface area contributed by atoms with Gasteiger partial charge in [-0.15, -0.1) is 0 Å². The summed E-state index contributed by atoms with van der Waals surface area (Å²) in [5.74, 6) is -0.645. The number of nitrogens with zero attached hydrogens (tertiary/aromatic N) is 2. The summed E-state index contributed by atoms with van der Waals surface area (Å²) < 4.78 is 0. The van der Waals surface area contributed by atoms with Crippen LogP contribution in [0.5, 0.6) is 0 Å². The van der Waals surface area contributed by atoms with E-state index in [4.69, 9.17) is 11.6 Å². The highest BCUT2D eigenvalue weighted by Gasteiger charge is 2.53. The largest absolute Gasteiger partial charge is 0.356 e. The molecule has 0 unspecified atom stereocenters. The Balaban J connectivity index is 1.46. The molecule has 2 aliphatic heterocycles. The predicted molar refractivity (Wildman–Crippen MR) is 147 cm³/mol. The normalized spacial score (nSPS) is 18.6. The zero-order valence-electron chi connectivity index (χ0n) is 20.9. The molecule has 0 spiro atoms. The summed E-state index contributed by atoms with van der Waals surface area (Å²) in [7, 11) is 0. The van der Waals surface area contributed by atoms with Gasteiger partial charge in [-0.2, -0.15) is 0 Å². The van der Waals surface area contributed by atoms with Crippen LogP contribution in [0.4, 0.5) is 10.5 Å². The second-order valence-electron chi connectivity index (χ2n) is 9.73. The summed E-state index contributed by atoms with van der Waals surface area (Å²) in [6, 6.07) is 20.4. The number of rotatable bonds is 6. The highest BCUT2D eigenvalue weighted by atomic mass is 35.5. The van der Waals surface area contributed by atoms with Gasteiger partial charge in [0.15, 0.2) is 0 Å². The Labute approximate surface area is 225 Å². The number of carbonyl (C=O) groups is 3. The Morgan fingerprint density at radius 3 is 2.66 bits per heavy atom. The maximum Gasteiger partial charge on any atom is 0.332 e. The van der Waals surface area contributed by atoms with Crippen LogP contribution in [0.15, 0.2) is 72.8 Å². The van der Waals surface area contributed by atoms with Crippen LogP contribution in [-0.2, 0) is 11.2 Å². The Kier molecular flexibility index (Phi) is 6.16. The van der Waals surface area contributed by atoms with Gasteiger partial charge in [-0.3, -0.25) is 14.5 Å². The lowest BCUT2D eigenvalue weighted by molar-refractivity contribution is -0.120. The number of carbonyl (C=O) groups excluding carboxylic acids is 3. The number of halogens is 1. The number of hydrogen-bond acceptors (Lipinski definition) is 3. The van der Waals surface area contributed by atoms with Gasteiger partial charge in [-0.05, 0) is 47.9 Å². The number of benzene rings is 3. The number of H-pyrrole nitrogens is 1. The van der Waals surface area contributed by atoms with Gasteiger partial charge in [0.05, 0.1) is 11.3 Å². The molecule has 7 nitrogen and oxygen atoms in total. The molecule has 4 amide bonds. The number of hydrogen-bond donors (Lipinski definition) is 2. The molecule has 2 atom stereocenters. The van der Waals surface area contributed by atoms with Gasteiger partial charge < -0.3 is 10.3 Å². The van der Waals surface area contributed by atoms with E-state index in [1.165, 1.54) is 4.90 Å². The average molecular weight is 527 g/mol. The van der Waals surface area contributed by atoms with Crippen molar-refractivity contribution in [1.29, 1.82) is 0 Å². The lowest BCUT2D eigenvalue weighted by atomic mass is 9.89. The van der Waals surface area contributed by atoms with Gasteiger partial charge >= 0.3 is 6.03 Å². The zero-order valence-corrected chi connectivity index (χ0v) is 21.7. The van der Waals surface area contributed by atoms with E-state index in [9.17, 15) is 14.4 Å². The Morgan fingerprint density at radius 1 is 1.05 bits per heavy atom. The number of fused-ring (bicyclic) bond motifs is 4. The fourth-order valence-electron chi connectivity index (χ4n) is 5.65. The van der Waals surface area contributed by atoms with Crippen molar-refractivity contribution in [1.82, 2.24) is 15.2 Å². The van der Waals surface area contributed by atoms with E-state index in [0.29, 0.717) is 29.2 Å². The number of aromatic nitrogens is 1. The maximum absolute atomic E-state index is 14.1. The number of nitrogens with one attached hydrogen (secondary N) is 2. The van der Waals surface area contributed by atoms with Crippen LogP contribution >= 0.6 is 11.6 Å². The molecule has 3 heterocycles. The molecule has 1 saturated heterocycles. The zero-order chi connectivity index (χ0) is 26.4. The third-order valence-electron chi connectivity index (χ3n) is 7.42. The molecule has 1 aromatic heterocycles. The summed E-state index contributed by atoms with van der Waals surface area (Å²) in [6.45, 7) is 2.58. The van der Waals surface area contributed by atoms with Crippen molar-refractivity contribution < 1.29 is 14.4 Å². The van der Waals surface area contributed by atoms with E-state index in [1.54, 1.807) is 35.2 Å². The highest BCUT2D eigenvalue weighted by molar-refractivity contribution is 6.30. The SMILES string of the molecule is CCCCNC(=O)c1ccccc1N1C(=O)[C@@H]2Cc3c([nH]c4ccccc34)[C@H](c3cccc(Cl)c3)N2C1=O. The molecule has 192 valence electrons. The lowest BCUT2D eigenvalue weighted by Crippen LogP contribution is -2.44. The second kappa shape index (κ2) is 9.65. The third kappa shape index (κ3) is 3.85. The van der Waals surface area contributed by atoms with E-state index in [0.717, 1.165) is 40.6 Å². The fourth-order valence-corrected chi connectivity index (χ4v) is 5.85. The van der Waals surface area contributed by atoms with Gasteiger partial charge in [0, 0.05) is 34.6 Å². The van der Waals surface area contributed by atoms with Crippen molar-refractivity contribution in [2.24, 2.45) is 0 Å². The molecule has 0 saturated carbocycles. The predicted octanol–water partition coefficient (Wildman–Crippen LogP) is 5.83.